The van der Waals surface area contributed by atoms with E-state index in [9.17, 15) is 0 Å². The van der Waals surface area contributed by atoms with Gasteiger partial charge in [0.25, 0.3) is 0 Å². The van der Waals surface area contributed by atoms with Crippen molar-refractivity contribution in [1.29, 1.82) is 0 Å². The van der Waals surface area contributed by atoms with Gasteiger partial charge in [-0.2, -0.15) is 0 Å². The molecule has 0 amide bonds. The second-order valence-electron chi connectivity index (χ2n) is 3.72. The molecule has 0 saturated carbocycles. The largest absolute Gasteiger partial charge is 0.397 e. The van der Waals surface area contributed by atoms with Gasteiger partial charge in [0, 0.05) is 16.6 Å². The fourth-order valence-corrected chi connectivity index (χ4v) is 1.91. The van der Waals surface area contributed by atoms with Crippen molar-refractivity contribution >= 4 is 34.6 Å². The van der Waals surface area contributed by atoms with Gasteiger partial charge in [0.2, 0.25) is 0 Å². The van der Waals surface area contributed by atoms with Gasteiger partial charge >= 0.3 is 0 Å². The average molecular weight is 267 g/mol. The zero-order valence-corrected chi connectivity index (χ0v) is 10.6. The summed E-state index contributed by atoms with van der Waals surface area (Å²) in [5.74, 6) is 0. The maximum atomic E-state index is 5.91. The van der Waals surface area contributed by atoms with Crippen molar-refractivity contribution in [2.45, 2.75) is 6.54 Å². The summed E-state index contributed by atoms with van der Waals surface area (Å²) >= 11 is 11.8. The Balaban J connectivity index is 2.09. The Morgan fingerprint density at radius 2 is 1.76 bits per heavy atom. The fraction of sp³-hybridized carbons (Fsp3) is 0.0769. The molecule has 3 N–H and O–H groups in total. The number of benzene rings is 2. The van der Waals surface area contributed by atoms with Gasteiger partial charge in [-0.15, -0.1) is 0 Å². The molecule has 2 aromatic rings. The van der Waals surface area contributed by atoms with Crippen LogP contribution in [0.5, 0.6) is 0 Å². The number of hydrogen-bond acceptors (Lipinski definition) is 2. The van der Waals surface area contributed by atoms with Crippen LogP contribution in [0, 0.1) is 0 Å². The first-order valence-electron chi connectivity index (χ1n) is 5.18. The molecule has 2 nitrogen and oxygen atoms in total. The first-order chi connectivity index (χ1) is 8.15. The van der Waals surface area contributed by atoms with E-state index < -0.39 is 0 Å². The van der Waals surface area contributed by atoms with Crippen LogP contribution < -0.4 is 11.1 Å². The third-order valence-corrected chi connectivity index (χ3v) is 2.86. The summed E-state index contributed by atoms with van der Waals surface area (Å²) < 4.78 is 0. The Kier molecular flexibility index (Phi) is 3.77. The monoisotopic (exact) mass is 266 g/mol. The quantitative estimate of drug-likeness (QED) is 0.818. The van der Waals surface area contributed by atoms with Gasteiger partial charge in [-0.25, -0.2) is 0 Å². The van der Waals surface area contributed by atoms with Crippen LogP contribution in [-0.2, 0) is 6.54 Å². The Morgan fingerprint density at radius 3 is 2.53 bits per heavy atom. The SMILES string of the molecule is Nc1ccc(Cl)cc1NCc1cccc(Cl)c1. The van der Waals surface area contributed by atoms with Crippen LogP contribution in [-0.4, -0.2) is 0 Å². The zero-order chi connectivity index (χ0) is 12.3. The number of rotatable bonds is 3. The van der Waals surface area contributed by atoms with Crippen molar-refractivity contribution in [3.63, 3.8) is 0 Å². The fourth-order valence-electron chi connectivity index (χ4n) is 1.53. The van der Waals surface area contributed by atoms with Crippen molar-refractivity contribution in [2.24, 2.45) is 0 Å². The third kappa shape index (κ3) is 3.29. The van der Waals surface area contributed by atoms with Gasteiger partial charge < -0.3 is 11.1 Å². The highest BCUT2D eigenvalue weighted by Gasteiger charge is 2.00. The van der Waals surface area contributed by atoms with E-state index in [1.54, 1.807) is 18.2 Å². The van der Waals surface area contributed by atoms with Crippen molar-refractivity contribution in [3.05, 3.63) is 58.1 Å². The van der Waals surface area contributed by atoms with Crippen LogP contribution in [0.2, 0.25) is 10.0 Å². The third-order valence-electron chi connectivity index (χ3n) is 2.39. The molecule has 0 aliphatic rings. The topological polar surface area (TPSA) is 38.0 Å². The van der Waals surface area contributed by atoms with E-state index >= 15 is 0 Å². The normalized spacial score (nSPS) is 10.2. The molecule has 4 heteroatoms. The molecule has 0 fully saturated rings. The zero-order valence-electron chi connectivity index (χ0n) is 9.08. The van der Waals surface area contributed by atoms with Crippen molar-refractivity contribution in [3.8, 4) is 0 Å². The summed E-state index contributed by atoms with van der Waals surface area (Å²) in [4.78, 5) is 0. The number of nitrogen functional groups attached to an aromatic ring is 1. The molecule has 0 bridgehead atoms. The highest BCUT2D eigenvalue weighted by molar-refractivity contribution is 6.31. The predicted octanol–water partition coefficient (Wildman–Crippen LogP) is 4.19. The van der Waals surface area contributed by atoms with Crippen LogP contribution >= 0.6 is 23.2 Å². The molecule has 0 aromatic heterocycles. The molecule has 0 radical (unpaired) electrons. The Labute approximate surface area is 110 Å². The predicted molar refractivity (Wildman–Crippen MR) is 74.6 cm³/mol. The van der Waals surface area contributed by atoms with Crippen LogP contribution in [0.25, 0.3) is 0 Å². The second kappa shape index (κ2) is 5.30. The standard InChI is InChI=1S/C13H12Cl2N2/c14-10-3-1-2-9(6-10)8-17-13-7-11(15)4-5-12(13)16/h1-7,17H,8,16H2. The minimum absolute atomic E-state index is 0.658. The van der Waals surface area contributed by atoms with Crippen molar-refractivity contribution < 1.29 is 0 Å². The minimum atomic E-state index is 0.658. The number of halogens is 2. The van der Waals surface area contributed by atoms with Gasteiger partial charge in [-0.3, -0.25) is 0 Å². The minimum Gasteiger partial charge on any atom is -0.397 e. The molecule has 0 atom stereocenters. The Bertz CT molecular complexity index is 527. The molecule has 0 saturated heterocycles. The van der Waals surface area contributed by atoms with Crippen molar-refractivity contribution in [2.75, 3.05) is 11.1 Å². The lowest BCUT2D eigenvalue weighted by Crippen LogP contribution is -2.02. The van der Waals surface area contributed by atoms with E-state index in [0.717, 1.165) is 16.3 Å². The lowest BCUT2D eigenvalue weighted by molar-refractivity contribution is 1.15. The van der Waals surface area contributed by atoms with E-state index in [1.165, 1.54) is 0 Å². The number of nitrogens with two attached hydrogens (primary N) is 1. The first kappa shape index (κ1) is 12.1. The van der Waals surface area contributed by atoms with Crippen LogP contribution in [0.15, 0.2) is 42.5 Å². The van der Waals surface area contributed by atoms with Gasteiger partial charge in [-0.1, -0.05) is 35.3 Å². The van der Waals surface area contributed by atoms with E-state index in [0.29, 0.717) is 17.3 Å². The molecular weight excluding hydrogens is 255 g/mol. The maximum Gasteiger partial charge on any atom is 0.0591 e. The van der Waals surface area contributed by atoms with E-state index in [2.05, 4.69) is 5.32 Å². The summed E-state index contributed by atoms with van der Waals surface area (Å²) in [6, 6.07) is 13.0. The number of nitrogens with one attached hydrogen (secondary N) is 1. The lowest BCUT2D eigenvalue weighted by atomic mass is 10.2. The van der Waals surface area contributed by atoms with Gasteiger partial charge in [-0.05, 0) is 35.9 Å². The number of anilines is 2. The molecule has 88 valence electrons. The molecule has 2 rings (SSSR count). The summed E-state index contributed by atoms with van der Waals surface area (Å²) in [6.45, 7) is 0.658. The smallest absolute Gasteiger partial charge is 0.0591 e. The van der Waals surface area contributed by atoms with E-state index in [4.69, 9.17) is 28.9 Å². The van der Waals surface area contributed by atoms with E-state index in [-0.39, 0.29) is 0 Å². The van der Waals surface area contributed by atoms with Gasteiger partial charge in [0.05, 0.1) is 11.4 Å². The summed E-state index contributed by atoms with van der Waals surface area (Å²) in [5.41, 5.74) is 8.44. The molecular formula is C13H12Cl2N2. The summed E-state index contributed by atoms with van der Waals surface area (Å²) in [7, 11) is 0. The second-order valence-corrected chi connectivity index (χ2v) is 4.59. The highest BCUT2D eigenvalue weighted by Crippen LogP contribution is 2.23. The Hall–Kier alpha value is -1.38. The van der Waals surface area contributed by atoms with Crippen molar-refractivity contribution in [1.82, 2.24) is 0 Å². The van der Waals surface area contributed by atoms with Gasteiger partial charge in [0.1, 0.15) is 0 Å². The average Bonchev–Trinajstić information content (AvgIpc) is 2.30. The molecule has 0 aliphatic carbocycles. The van der Waals surface area contributed by atoms with Crippen LogP contribution in [0.1, 0.15) is 5.56 Å². The summed E-state index contributed by atoms with van der Waals surface area (Å²) in [5, 5.41) is 4.61. The lowest BCUT2D eigenvalue weighted by Gasteiger charge is -2.09. The molecule has 0 unspecified atom stereocenters. The first-order valence-corrected chi connectivity index (χ1v) is 5.94. The maximum absolute atomic E-state index is 5.91. The van der Waals surface area contributed by atoms with Crippen LogP contribution in [0.4, 0.5) is 11.4 Å². The molecule has 0 heterocycles. The molecule has 2 aromatic carbocycles. The number of hydrogen-bond donors (Lipinski definition) is 2. The highest BCUT2D eigenvalue weighted by atomic mass is 35.5. The molecule has 0 aliphatic heterocycles. The summed E-state index contributed by atoms with van der Waals surface area (Å²) in [6.07, 6.45) is 0. The van der Waals surface area contributed by atoms with E-state index in [1.807, 2.05) is 24.3 Å². The molecule has 17 heavy (non-hydrogen) atoms. The van der Waals surface area contributed by atoms with Gasteiger partial charge in [0.15, 0.2) is 0 Å². The van der Waals surface area contributed by atoms with Crippen LogP contribution in [0.3, 0.4) is 0 Å². The molecule has 0 spiro atoms. The Morgan fingerprint density at radius 1 is 1.00 bits per heavy atom.